The molecule has 1 aliphatic rings. The fraction of sp³-hybridized carbons (Fsp3) is 0.500. The minimum absolute atomic E-state index is 0.137. The Hall–Kier alpha value is -1.35. The molecule has 92 valence electrons. The van der Waals surface area contributed by atoms with Gasteiger partial charge >= 0.3 is 0 Å². The van der Waals surface area contributed by atoms with Gasteiger partial charge in [0.2, 0.25) is 0 Å². The molecule has 0 amide bonds. The molecule has 0 saturated heterocycles. The first-order valence-electron chi connectivity index (χ1n) is 6.21. The molecular formula is C14H18O3. The number of carbonyl (C=O) groups excluding carboxylic acids is 1. The Bertz CT molecular complexity index is 372. The van der Waals surface area contributed by atoms with Crippen molar-refractivity contribution >= 4 is 11.9 Å². The highest BCUT2D eigenvalue weighted by molar-refractivity contribution is 5.96. The van der Waals surface area contributed by atoms with Crippen molar-refractivity contribution in [3.8, 4) is 0 Å². The Morgan fingerprint density at radius 1 is 1.41 bits per heavy atom. The van der Waals surface area contributed by atoms with Crippen LogP contribution in [-0.4, -0.2) is 17.0 Å². The van der Waals surface area contributed by atoms with Crippen LogP contribution in [0.5, 0.6) is 0 Å². The molecule has 1 heterocycles. The van der Waals surface area contributed by atoms with Gasteiger partial charge in [0.15, 0.2) is 5.78 Å². The maximum absolute atomic E-state index is 11.8. The minimum atomic E-state index is -0.846. The van der Waals surface area contributed by atoms with Gasteiger partial charge in [-0.15, -0.1) is 0 Å². The number of ketones is 1. The van der Waals surface area contributed by atoms with E-state index in [1.165, 1.54) is 12.5 Å². The molecule has 1 aliphatic carbocycles. The first-order chi connectivity index (χ1) is 8.27. The molecule has 0 bridgehead atoms. The average Bonchev–Trinajstić information content (AvgIpc) is 2.89. The van der Waals surface area contributed by atoms with Crippen molar-refractivity contribution in [2.24, 2.45) is 5.92 Å². The third-order valence-electron chi connectivity index (χ3n) is 3.34. The maximum atomic E-state index is 11.8. The van der Waals surface area contributed by atoms with Crippen molar-refractivity contribution in [1.29, 1.82) is 0 Å². The number of carbonyl (C=O) groups is 1. The monoisotopic (exact) mass is 234 g/mol. The van der Waals surface area contributed by atoms with Crippen LogP contribution in [0.1, 0.15) is 37.9 Å². The van der Waals surface area contributed by atoms with Crippen LogP contribution >= 0.6 is 0 Å². The minimum Gasteiger partial charge on any atom is -0.465 e. The van der Waals surface area contributed by atoms with Crippen molar-refractivity contribution < 1.29 is 14.3 Å². The van der Waals surface area contributed by atoms with E-state index >= 15 is 0 Å². The second-order valence-electron chi connectivity index (χ2n) is 4.59. The van der Waals surface area contributed by atoms with Crippen molar-refractivity contribution in [1.82, 2.24) is 0 Å². The Morgan fingerprint density at radius 2 is 2.18 bits per heavy atom. The van der Waals surface area contributed by atoms with Crippen LogP contribution < -0.4 is 0 Å². The molecule has 1 aromatic rings. The second-order valence-corrected chi connectivity index (χ2v) is 4.59. The summed E-state index contributed by atoms with van der Waals surface area (Å²) in [6.07, 6.45) is 9.12. The Morgan fingerprint density at radius 3 is 2.82 bits per heavy atom. The molecule has 17 heavy (non-hydrogen) atoms. The average molecular weight is 234 g/mol. The summed E-state index contributed by atoms with van der Waals surface area (Å²) in [6.45, 7) is 0. The third-order valence-corrected chi connectivity index (χ3v) is 3.34. The number of aliphatic hydroxyl groups excluding tert-OH is 1. The maximum Gasteiger partial charge on any atom is 0.184 e. The number of rotatable bonds is 4. The van der Waals surface area contributed by atoms with Gasteiger partial charge in [-0.25, -0.2) is 0 Å². The van der Waals surface area contributed by atoms with Crippen LogP contribution in [0.3, 0.4) is 0 Å². The zero-order valence-corrected chi connectivity index (χ0v) is 9.84. The van der Waals surface area contributed by atoms with E-state index in [2.05, 4.69) is 0 Å². The number of aliphatic hydroxyl groups is 1. The molecule has 0 spiro atoms. The molecule has 1 saturated carbocycles. The smallest absolute Gasteiger partial charge is 0.184 e. The molecule has 0 aliphatic heterocycles. The summed E-state index contributed by atoms with van der Waals surface area (Å²) in [5, 5.41) is 9.94. The Balaban J connectivity index is 1.90. The van der Waals surface area contributed by atoms with Crippen LogP contribution in [-0.2, 0) is 4.79 Å². The molecule has 0 radical (unpaired) electrons. The van der Waals surface area contributed by atoms with Gasteiger partial charge in [-0.2, -0.15) is 0 Å². The summed E-state index contributed by atoms with van der Waals surface area (Å²) in [5.74, 6) is 0.556. The van der Waals surface area contributed by atoms with E-state index in [-0.39, 0.29) is 11.7 Å². The largest absolute Gasteiger partial charge is 0.465 e. The van der Waals surface area contributed by atoms with Crippen molar-refractivity contribution in [3.63, 3.8) is 0 Å². The highest BCUT2D eigenvalue weighted by Crippen LogP contribution is 2.27. The lowest BCUT2D eigenvalue weighted by Gasteiger charge is -2.24. The zero-order valence-electron chi connectivity index (χ0n) is 9.84. The van der Waals surface area contributed by atoms with Crippen molar-refractivity contribution in [2.75, 3.05) is 0 Å². The van der Waals surface area contributed by atoms with E-state index in [0.717, 1.165) is 25.7 Å². The second kappa shape index (κ2) is 5.82. The SMILES string of the molecule is O=C(/C=C/c1ccco1)[C@H](O)C1CCCCC1. The van der Waals surface area contributed by atoms with Gasteiger partial charge in [0.1, 0.15) is 11.9 Å². The summed E-state index contributed by atoms with van der Waals surface area (Å²) < 4.78 is 5.09. The predicted octanol–water partition coefficient (Wildman–Crippen LogP) is 2.80. The summed E-state index contributed by atoms with van der Waals surface area (Å²) in [7, 11) is 0. The normalized spacial score (nSPS) is 19.6. The van der Waals surface area contributed by atoms with Gasteiger partial charge in [0.25, 0.3) is 0 Å². The Kier molecular flexibility index (Phi) is 4.15. The van der Waals surface area contributed by atoms with E-state index < -0.39 is 6.10 Å². The summed E-state index contributed by atoms with van der Waals surface area (Å²) in [5.41, 5.74) is 0. The van der Waals surface area contributed by atoms with Crippen LogP contribution in [0.25, 0.3) is 6.08 Å². The summed E-state index contributed by atoms with van der Waals surface area (Å²) in [6, 6.07) is 3.54. The van der Waals surface area contributed by atoms with E-state index in [4.69, 9.17) is 4.42 Å². The molecule has 3 nitrogen and oxygen atoms in total. The number of hydrogen-bond acceptors (Lipinski definition) is 3. The molecule has 0 aromatic carbocycles. The number of furan rings is 1. The number of hydrogen-bond donors (Lipinski definition) is 1. The molecule has 1 N–H and O–H groups in total. The lowest BCUT2D eigenvalue weighted by Crippen LogP contribution is -2.29. The fourth-order valence-corrected chi connectivity index (χ4v) is 2.33. The van der Waals surface area contributed by atoms with E-state index in [9.17, 15) is 9.90 Å². The van der Waals surface area contributed by atoms with Crippen LogP contribution in [0.15, 0.2) is 28.9 Å². The molecular weight excluding hydrogens is 216 g/mol. The summed E-state index contributed by atoms with van der Waals surface area (Å²) in [4.78, 5) is 11.8. The van der Waals surface area contributed by atoms with Crippen LogP contribution in [0.2, 0.25) is 0 Å². The predicted molar refractivity (Wildman–Crippen MR) is 65.3 cm³/mol. The van der Waals surface area contributed by atoms with Gasteiger partial charge in [0, 0.05) is 0 Å². The van der Waals surface area contributed by atoms with Gasteiger partial charge in [-0.3, -0.25) is 4.79 Å². The van der Waals surface area contributed by atoms with E-state index in [1.54, 1.807) is 24.5 Å². The lowest BCUT2D eigenvalue weighted by atomic mass is 9.84. The molecule has 1 atom stereocenters. The molecule has 1 fully saturated rings. The topological polar surface area (TPSA) is 50.4 Å². The molecule has 2 rings (SSSR count). The molecule has 3 heteroatoms. The van der Waals surface area contributed by atoms with Crippen LogP contribution in [0, 0.1) is 5.92 Å². The third kappa shape index (κ3) is 3.30. The van der Waals surface area contributed by atoms with Gasteiger partial charge in [-0.05, 0) is 43.0 Å². The first kappa shape index (κ1) is 12.1. The van der Waals surface area contributed by atoms with E-state index in [0.29, 0.717) is 5.76 Å². The van der Waals surface area contributed by atoms with Crippen LogP contribution in [0.4, 0.5) is 0 Å². The highest BCUT2D eigenvalue weighted by atomic mass is 16.3. The van der Waals surface area contributed by atoms with E-state index in [1.807, 2.05) is 0 Å². The van der Waals surface area contributed by atoms with Gasteiger partial charge < -0.3 is 9.52 Å². The highest BCUT2D eigenvalue weighted by Gasteiger charge is 2.25. The van der Waals surface area contributed by atoms with Crippen molar-refractivity contribution in [2.45, 2.75) is 38.2 Å². The van der Waals surface area contributed by atoms with Gasteiger partial charge in [0.05, 0.1) is 6.26 Å². The summed E-state index contributed by atoms with van der Waals surface area (Å²) >= 11 is 0. The fourth-order valence-electron chi connectivity index (χ4n) is 2.33. The zero-order chi connectivity index (χ0) is 12.1. The molecule has 0 unspecified atom stereocenters. The first-order valence-corrected chi connectivity index (χ1v) is 6.21. The van der Waals surface area contributed by atoms with Gasteiger partial charge in [-0.1, -0.05) is 19.3 Å². The van der Waals surface area contributed by atoms with Crippen molar-refractivity contribution in [3.05, 3.63) is 30.2 Å². The quantitative estimate of drug-likeness (QED) is 0.815. The molecule has 1 aromatic heterocycles. The lowest BCUT2D eigenvalue weighted by molar-refractivity contribution is -0.125. The Labute approximate surface area is 101 Å². The standard InChI is InChI=1S/C14H18O3/c15-13(9-8-12-7-4-10-17-12)14(16)11-5-2-1-3-6-11/h4,7-11,14,16H,1-3,5-6H2/b9-8+/t14-/m1/s1.